The molecule has 2 aromatic rings. The standard InChI is InChI=1S/C25H31N5O3/c1-15-9-17-10-22(32-3)23(33-4)12-21(17)24(28-30(15)25(31)26-2)16-5-7-19(8-6-16)29-14-18-11-20(29)13-27-18/h5-8,10,12,15,18,20,27H,9,11,13-14H2,1-4H3,(H,26,31)/t15-,18?,20-/m0/s1. The Morgan fingerprint density at radius 3 is 2.48 bits per heavy atom. The predicted octanol–water partition coefficient (Wildman–Crippen LogP) is 2.59. The molecule has 5 rings (SSSR count). The lowest BCUT2D eigenvalue weighted by Crippen LogP contribution is -2.43. The van der Waals surface area contributed by atoms with Crippen LogP contribution in [0, 0.1) is 0 Å². The van der Waals surface area contributed by atoms with Gasteiger partial charge < -0.3 is 25.0 Å². The molecule has 174 valence electrons. The van der Waals surface area contributed by atoms with Crippen molar-refractivity contribution in [1.29, 1.82) is 0 Å². The third kappa shape index (κ3) is 3.78. The molecule has 3 atom stereocenters. The summed E-state index contributed by atoms with van der Waals surface area (Å²) in [5.41, 5.74) is 4.94. The Morgan fingerprint density at radius 2 is 1.88 bits per heavy atom. The number of anilines is 1. The first-order valence-electron chi connectivity index (χ1n) is 11.5. The molecule has 0 saturated carbocycles. The fourth-order valence-corrected chi connectivity index (χ4v) is 5.24. The molecule has 0 aliphatic carbocycles. The van der Waals surface area contributed by atoms with E-state index in [1.165, 1.54) is 17.1 Å². The number of carbonyl (C=O) groups is 1. The second-order valence-corrected chi connectivity index (χ2v) is 8.96. The van der Waals surface area contributed by atoms with E-state index in [2.05, 4.69) is 39.8 Å². The summed E-state index contributed by atoms with van der Waals surface area (Å²) < 4.78 is 11.1. The van der Waals surface area contributed by atoms with Crippen molar-refractivity contribution in [2.24, 2.45) is 5.10 Å². The molecule has 2 bridgehead atoms. The highest BCUT2D eigenvalue weighted by molar-refractivity contribution is 6.14. The summed E-state index contributed by atoms with van der Waals surface area (Å²) in [6, 6.07) is 13.3. The van der Waals surface area contributed by atoms with Gasteiger partial charge in [0.2, 0.25) is 0 Å². The van der Waals surface area contributed by atoms with Gasteiger partial charge in [0.05, 0.1) is 26.0 Å². The van der Waals surface area contributed by atoms with Crippen molar-refractivity contribution in [3.8, 4) is 11.5 Å². The monoisotopic (exact) mass is 449 g/mol. The van der Waals surface area contributed by atoms with Gasteiger partial charge in [-0.05, 0) is 49.6 Å². The summed E-state index contributed by atoms with van der Waals surface area (Å²) >= 11 is 0. The van der Waals surface area contributed by atoms with Crippen LogP contribution in [-0.2, 0) is 6.42 Å². The Hall–Kier alpha value is -3.26. The maximum atomic E-state index is 12.7. The number of piperazine rings is 1. The first kappa shape index (κ1) is 21.6. The second kappa shape index (κ2) is 8.59. The van der Waals surface area contributed by atoms with Crippen LogP contribution in [0.5, 0.6) is 11.5 Å². The zero-order valence-corrected chi connectivity index (χ0v) is 19.6. The minimum Gasteiger partial charge on any atom is -0.493 e. The molecule has 8 nitrogen and oxygen atoms in total. The molecule has 0 radical (unpaired) electrons. The lowest BCUT2D eigenvalue weighted by Gasteiger charge is -2.29. The van der Waals surface area contributed by atoms with Crippen LogP contribution in [0.4, 0.5) is 10.5 Å². The molecular formula is C25H31N5O3. The summed E-state index contributed by atoms with van der Waals surface area (Å²) in [5.74, 6) is 1.31. The largest absolute Gasteiger partial charge is 0.493 e. The summed E-state index contributed by atoms with van der Waals surface area (Å²) in [7, 11) is 4.89. The highest BCUT2D eigenvalue weighted by Crippen LogP contribution is 2.35. The van der Waals surface area contributed by atoms with Crippen LogP contribution in [-0.4, -0.2) is 69.2 Å². The number of ether oxygens (including phenoxy) is 2. The van der Waals surface area contributed by atoms with Gasteiger partial charge in [0, 0.05) is 49.0 Å². The number of benzene rings is 2. The first-order chi connectivity index (χ1) is 16.0. The minimum atomic E-state index is -0.232. The van der Waals surface area contributed by atoms with E-state index in [9.17, 15) is 4.79 Å². The zero-order valence-electron chi connectivity index (χ0n) is 19.6. The third-order valence-electron chi connectivity index (χ3n) is 6.96. The normalized spacial score (nSPS) is 23.6. The number of fused-ring (bicyclic) bond motifs is 3. The topological polar surface area (TPSA) is 78.4 Å². The number of nitrogens with zero attached hydrogens (tertiary/aromatic N) is 3. The third-order valence-corrected chi connectivity index (χ3v) is 6.96. The molecule has 0 spiro atoms. The van der Waals surface area contributed by atoms with Gasteiger partial charge in [-0.1, -0.05) is 12.1 Å². The van der Waals surface area contributed by atoms with Crippen LogP contribution >= 0.6 is 0 Å². The summed E-state index contributed by atoms with van der Waals surface area (Å²) in [4.78, 5) is 15.1. The lowest BCUT2D eigenvalue weighted by molar-refractivity contribution is 0.184. The number of urea groups is 1. The van der Waals surface area contributed by atoms with Gasteiger partial charge in [-0.15, -0.1) is 0 Å². The summed E-state index contributed by atoms with van der Waals surface area (Å²) in [5, 5.41) is 12.7. The average Bonchev–Trinajstić information content (AvgIpc) is 3.45. The fourth-order valence-electron chi connectivity index (χ4n) is 5.24. The van der Waals surface area contributed by atoms with Crippen molar-refractivity contribution in [2.45, 2.75) is 37.9 Å². The van der Waals surface area contributed by atoms with E-state index in [0.717, 1.165) is 35.5 Å². The fraction of sp³-hybridized carbons (Fsp3) is 0.440. The molecule has 8 heteroatoms. The van der Waals surface area contributed by atoms with E-state index in [-0.39, 0.29) is 12.1 Å². The Morgan fingerprint density at radius 1 is 1.15 bits per heavy atom. The molecule has 33 heavy (non-hydrogen) atoms. The SMILES string of the molecule is CNC(=O)N1N=C(c2ccc(N3CC4C[C@H]3CN4)cc2)c2cc(OC)c(OC)cc2C[C@@H]1C. The molecule has 3 aliphatic rings. The van der Waals surface area contributed by atoms with Crippen molar-refractivity contribution in [1.82, 2.24) is 15.6 Å². The van der Waals surface area contributed by atoms with Crippen LogP contribution < -0.4 is 25.0 Å². The number of hydrogen-bond donors (Lipinski definition) is 2. The molecule has 2 saturated heterocycles. The highest BCUT2D eigenvalue weighted by Gasteiger charge is 2.37. The van der Waals surface area contributed by atoms with E-state index in [4.69, 9.17) is 14.6 Å². The molecule has 0 aromatic heterocycles. The number of rotatable bonds is 4. The van der Waals surface area contributed by atoms with Crippen molar-refractivity contribution >= 4 is 17.4 Å². The number of carbonyl (C=O) groups excluding carboxylic acids is 1. The Labute approximate surface area is 194 Å². The maximum Gasteiger partial charge on any atom is 0.337 e. The van der Waals surface area contributed by atoms with Crippen molar-refractivity contribution < 1.29 is 14.3 Å². The van der Waals surface area contributed by atoms with E-state index in [1.54, 1.807) is 21.3 Å². The quantitative estimate of drug-likeness (QED) is 0.750. The summed E-state index contributed by atoms with van der Waals surface area (Å²) in [6.07, 6.45) is 1.86. The van der Waals surface area contributed by atoms with E-state index < -0.39 is 0 Å². The van der Waals surface area contributed by atoms with Crippen LogP contribution in [0.25, 0.3) is 0 Å². The summed E-state index contributed by atoms with van der Waals surface area (Å²) in [6.45, 7) is 4.10. The Bertz CT molecular complexity index is 1080. The smallest absolute Gasteiger partial charge is 0.337 e. The molecule has 2 aromatic carbocycles. The van der Waals surface area contributed by atoms with Crippen LogP contribution in [0.1, 0.15) is 30.0 Å². The van der Waals surface area contributed by atoms with Gasteiger partial charge in [-0.3, -0.25) is 0 Å². The van der Waals surface area contributed by atoms with Crippen LogP contribution in [0.3, 0.4) is 0 Å². The average molecular weight is 450 g/mol. The molecule has 2 fully saturated rings. The van der Waals surface area contributed by atoms with E-state index >= 15 is 0 Å². The van der Waals surface area contributed by atoms with Crippen LogP contribution in [0.15, 0.2) is 41.5 Å². The van der Waals surface area contributed by atoms with Gasteiger partial charge in [-0.2, -0.15) is 5.10 Å². The van der Waals surface area contributed by atoms with Crippen molar-refractivity contribution in [3.05, 3.63) is 53.1 Å². The highest BCUT2D eigenvalue weighted by atomic mass is 16.5. The molecule has 3 heterocycles. The van der Waals surface area contributed by atoms with E-state index in [0.29, 0.717) is 30.0 Å². The number of methoxy groups -OCH3 is 2. The van der Waals surface area contributed by atoms with Gasteiger partial charge in [0.1, 0.15) is 0 Å². The van der Waals surface area contributed by atoms with Gasteiger partial charge in [-0.25, -0.2) is 9.80 Å². The first-order valence-corrected chi connectivity index (χ1v) is 11.5. The van der Waals surface area contributed by atoms with Gasteiger partial charge in [0.25, 0.3) is 0 Å². The molecule has 3 aliphatic heterocycles. The van der Waals surface area contributed by atoms with Gasteiger partial charge in [0.15, 0.2) is 11.5 Å². The second-order valence-electron chi connectivity index (χ2n) is 8.96. The molecular weight excluding hydrogens is 418 g/mol. The number of hydrazone groups is 1. The Kier molecular flexibility index (Phi) is 5.62. The molecule has 1 unspecified atom stereocenters. The Balaban J connectivity index is 1.58. The van der Waals surface area contributed by atoms with Gasteiger partial charge >= 0.3 is 6.03 Å². The minimum absolute atomic E-state index is 0.119. The molecule has 2 N–H and O–H groups in total. The predicted molar refractivity (Wildman–Crippen MR) is 129 cm³/mol. The van der Waals surface area contributed by atoms with Crippen molar-refractivity contribution in [3.63, 3.8) is 0 Å². The number of nitrogens with one attached hydrogen (secondary N) is 2. The van der Waals surface area contributed by atoms with Crippen molar-refractivity contribution in [2.75, 3.05) is 39.3 Å². The molecule has 2 amide bonds. The van der Waals surface area contributed by atoms with E-state index in [1.807, 2.05) is 19.1 Å². The zero-order chi connectivity index (χ0) is 23.1. The lowest BCUT2D eigenvalue weighted by atomic mass is 9.94. The van der Waals surface area contributed by atoms with Crippen LogP contribution in [0.2, 0.25) is 0 Å². The number of hydrogen-bond acceptors (Lipinski definition) is 6. The number of amides is 2. The maximum absolute atomic E-state index is 12.7.